The first-order valence-electron chi connectivity index (χ1n) is 39.1. The molecule has 18 heteroatoms. The van der Waals surface area contributed by atoms with E-state index in [4.69, 9.17) is 32.3 Å². The zero-order chi connectivity index (χ0) is 73.7. The van der Waals surface area contributed by atoms with Crippen LogP contribution >= 0.6 is 15.6 Å². The van der Waals surface area contributed by atoms with E-state index in [1.54, 1.807) is 0 Å². The van der Waals surface area contributed by atoms with Crippen molar-refractivity contribution in [2.75, 3.05) is 39.6 Å². The minimum atomic E-state index is -4.95. The van der Waals surface area contributed by atoms with Gasteiger partial charge in [-0.1, -0.05) is 295 Å². The van der Waals surface area contributed by atoms with E-state index in [9.17, 15) is 43.5 Å². The van der Waals surface area contributed by atoms with Gasteiger partial charge in [-0.05, 0) is 135 Å². The molecule has 0 bridgehead atoms. The van der Waals surface area contributed by atoms with Crippen LogP contribution in [0, 0.1) is 0 Å². The van der Waals surface area contributed by atoms with Gasteiger partial charge in [0.2, 0.25) is 0 Å². The van der Waals surface area contributed by atoms with Crippen LogP contribution in [0.2, 0.25) is 0 Å². The van der Waals surface area contributed by atoms with E-state index in [0.29, 0.717) is 25.7 Å². The van der Waals surface area contributed by atoms with Crippen molar-refractivity contribution in [3.63, 3.8) is 0 Å². The Balaban J connectivity index is 4.46. The Morgan fingerprint density at radius 1 is 0.287 bits per heavy atom. The van der Waals surface area contributed by atoms with E-state index in [0.717, 1.165) is 122 Å². The van der Waals surface area contributed by atoms with Crippen molar-refractivity contribution in [2.45, 2.75) is 322 Å². The van der Waals surface area contributed by atoms with Gasteiger partial charge in [0, 0.05) is 19.3 Å². The maximum atomic E-state index is 12.9. The van der Waals surface area contributed by atoms with Gasteiger partial charge < -0.3 is 34.2 Å². The molecule has 0 spiro atoms. The van der Waals surface area contributed by atoms with Crippen LogP contribution in [0.1, 0.15) is 303 Å². The molecular weight excluding hydrogens is 1310 g/mol. The Labute approximate surface area is 613 Å². The van der Waals surface area contributed by atoms with Crippen molar-refractivity contribution >= 4 is 33.6 Å². The molecule has 0 heterocycles. The Bertz CT molecular complexity index is 2420. The van der Waals surface area contributed by atoms with E-state index in [2.05, 4.69) is 154 Å². The number of hydrogen-bond donors (Lipinski definition) is 4. The lowest BCUT2D eigenvalue weighted by Gasteiger charge is -2.21. The second-order valence-electron chi connectivity index (χ2n) is 25.7. The number of rotatable bonds is 73. The number of phosphoric acid groups is 2. The van der Waals surface area contributed by atoms with Crippen LogP contribution in [-0.4, -0.2) is 95.9 Å². The minimum Gasteiger partial charge on any atom is -0.463 e. The molecule has 578 valence electrons. The summed E-state index contributed by atoms with van der Waals surface area (Å²) in [6.45, 7) is 2.33. The number of phosphoric ester groups is 2. The number of esters is 3. The van der Waals surface area contributed by atoms with Crippen molar-refractivity contribution in [2.24, 2.45) is 0 Å². The van der Waals surface area contributed by atoms with Gasteiger partial charge in [0.15, 0.2) is 6.10 Å². The summed E-state index contributed by atoms with van der Waals surface area (Å²) >= 11 is 0. The molecule has 101 heavy (non-hydrogen) atoms. The fraction of sp³-hybridized carbons (Fsp3) is 0.675. The molecule has 5 atom stereocenters. The molecule has 0 radical (unpaired) electrons. The minimum absolute atomic E-state index is 0.0689. The first-order chi connectivity index (χ1) is 49.2. The number of aliphatic hydroxyl groups is 2. The molecule has 0 aliphatic carbocycles. The molecule has 0 aromatic rings. The zero-order valence-electron chi connectivity index (χ0n) is 63.0. The molecule has 0 amide bonds. The van der Waals surface area contributed by atoms with Crippen LogP contribution in [0.3, 0.4) is 0 Å². The Morgan fingerprint density at radius 2 is 0.535 bits per heavy atom. The summed E-state index contributed by atoms with van der Waals surface area (Å²) in [5.74, 6) is -1.67. The number of carbonyl (C=O) groups excluding carboxylic acids is 3. The smallest absolute Gasteiger partial charge is 0.463 e. The molecule has 4 N–H and O–H groups in total. The number of allylic oxidation sites excluding steroid dienone is 24. The average Bonchev–Trinajstić information content (AvgIpc) is 0.944. The lowest BCUT2D eigenvalue weighted by atomic mass is 10.0. The van der Waals surface area contributed by atoms with Crippen LogP contribution in [0.4, 0.5) is 0 Å². The lowest BCUT2D eigenvalue weighted by molar-refractivity contribution is -0.161. The van der Waals surface area contributed by atoms with Crippen molar-refractivity contribution in [3.05, 3.63) is 146 Å². The third-order valence-corrected chi connectivity index (χ3v) is 17.9. The number of hydrogen-bond acceptors (Lipinski definition) is 14. The SMILES string of the molecule is CC/C=C\C/C=C\C/C=C\C/C=C\C/C=C\CCCC(=O)OCC(COP(=O)(O)OCC(O)COP(=O)(O)OCC(O)COC(=O)CCCCCCCCCCCCCCCCCCC/C=C\C/C=C\C/C=C\C/C=C\CCCCC)OC(=O)CCCCCCC/C=C\C/C=C\C/C=C\CC. The summed E-state index contributed by atoms with van der Waals surface area (Å²) < 4.78 is 61.0. The molecule has 0 aliphatic heterocycles. The van der Waals surface area contributed by atoms with Gasteiger partial charge in [-0.3, -0.25) is 32.5 Å². The molecule has 0 saturated carbocycles. The van der Waals surface area contributed by atoms with Crippen molar-refractivity contribution < 1.29 is 75.8 Å². The predicted octanol–water partition coefficient (Wildman–Crippen LogP) is 22.9. The summed E-state index contributed by atoms with van der Waals surface area (Å²) in [5.41, 5.74) is 0. The van der Waals surface area contributed by atoms with Gasteiger partial charge in [-0.15, -0.1) is 0 Å². The number of aliphatic hydroxyl groups excluding tert-OH is 2. The van der Waals surface area contributed by atoms with Gasteiger partial charge in [0.25, 0.3) is 0 Å². The molecule has 0 aromatic carbocycles. The topological polar surface area (TPSA) is 231 Å². The van der Waals surface area contributed by atoms with Crippen molar-refractivity contribution in [1.29, 1.82) is 0 Å². The predicted molar refractivity (Wildman–Crippen MR) is 417 cm³/mol. The Kier molecular flexibility index (Phi) is 71.7. The zero-order valence-corrected chi connectivity index (χ0v) is 64.8. The highest BCUT2D eigenvalue weighted by Crippen LogP contribution is 2.45. The summed E-state index contributed by atoms with van der Waals surface area (Å²) in [7, 11) is -9.81. The van der Waals surface area contributed by atoms with Gasteiger partial charge in [0.1, 0.15) is 25.4 Å². The largest absolute Gasteiger partial charge is 0.472 e. The van der Waals surface area contributed by atoms with Crippen LogP contribution in [-0.2, 0) is 55.8 Å². The molecule has 16 nitrogen and oxygen atoms in total. The lowest BCUT2D eigenvalue weighted by Crippen LogP contribution is -2.30. The molecular formula is C83H140O16P2. The van der Waals surface area contributed by atoms with E-state index >= 15 is 0 Å². The second kappa shape index (κ2) is 75.1. The number of unbranched alkanes of at least 4 members (excludes halogenated alkanes) is 26. The number of ether oxygens (including phenoxy) is 3. The summed E-state index contributed by atoms with van der Waals surface area (Å²) in [5, 5.41) is 20.6. The van der Waals surface area contributed by atoms with Crippen LogP contribution in [0.25, 0.3) is 0 Å². The molecule has 0 aliphatic rings. The standard InChI is InChI=1S/C83H140O16P2/c1-4-7-10-13-16-19-22-25-28-30-31-32-33-34-35-36-37-38-39-40-41-42-43-44-45-47-50-51-54-57-60-63-66-69-81(86)93-72-78(84)73-95-100(89,90)96-74-79(85)75-97-101(91,92)98-77-80(99-83(88)71-68-65-62-59-56-53-48-27-24-21-18-15-12-9-6-3)76-94-82(87)70-67-64-61-58-55-52-49-46-29-26-23-20-17-14-11-8-5-2/h8-9,11-12,16-21,25-29,31-32,34-35,48-49,52,58,61,78-80,84-85H,4-7,10,13-15,22-24,30,33,36-47,50-51,53-57,59-60,62-77H2,1-3H3,(H,89,90)(H,91,92)/b11-8-,12-9-,19-16-,20-17-,21-18-,28-25-,29-26-,32-31-,35-34-,48-27-,52-49-,61-58-. The molecule has 0 saturated heterocycles. The van der Waals surface area contributed by atoms with Gasteiger partial charge >= 0.3 is 33.6 Å². The highest BCUT2D eigenvalue weighted by atomic mass is 31.2. The van der Waals surface area contributed by atoms with E-state index < -0.39 is 91.5 Å². The second-order valence-corrected chi connectivity index (χ2v) is 28.7. The summed E-state index contributed by atoms with van der Waals surface area (Å²) in [6, 6.07) is 0. The highest BCUT2D eigenvalue weighted by Gasteiger charge is 2.29. The van der Waals surface area contributed by atoms with Gasteiger partial charge in [-0.25, -0.2) is 9.13 Å². The normalized spacial score (nSPS) is 14.8. The van der Waals surface area contributed by atoms with Crippen molar-refractivity contribution in [1.82, 2.24) is 0 Å². The van der Waals surface area contributed by atoms with E-state index in [-0.39, 0.29) is 19.3 Å². The third-order valence-electron chi connectivity index (χ3n) is 16.0. The monoisotopic (exact) mass is 1450 g/mol. The first-order valence-corrected chi connectivity index (χ1v) is 42.1. The fourth-order valence-corrected chi connectivity index (χ4v) is 11.7. The number of carbonyl (C=O) groups is 3. The molecule has 0 fully saturated rings. The van der Waals surface area contributed by atoms with E-state index in [1.165, 1.54) is 116 Å². The average molecular weight is 1460 g/mol. The van der Waals surface area contributed by atoms with Gasteiger partial charge in [-0.2, -0.15) is 0 Å². The highest BCUT2D eigenvalue weighted by molar-refractivity contribution is 7.47. The van der Waals surface area contributed by atoms with Crippen LogP contribution in [0.15, 0.2) is 146 Å². The summed E-state index contributed by atoms with van der Waals surface area (Å²) in [4.78, 5) is 58.5. The summed E-state index contributed by atoms with van der Waals surface area (Å²) in [6.07, 6.45) is 92.2. The first kappa shape index (κ1) is 96.4. The molecule has 0 aromatic heterocycles. The van der Waals surface area contributed by atoms with E-state index in [1.807, 2.05) is 12.2 Å². The Hall–Kier alpha value is -4.57. The maximum absolute atomic E-state index is 12.9. The van der Waals surface area contributed by atoms with Gasteiger partial charge in [0.05, 0.1) is 26.4 Å². The maximum Gasteiger partial charge on any atom is 0.472 e. The van der Waals surface area contributed by atoms with Crippen LogP contribution < -0.4 is 0 Å². The fourth-order valence-electron chi connectivity index (χ4n) is 10.1. The Morgan fingerprint density at radius 3 is 0.871 bits per heavy atom. The van der Waals surface area contributed by atoms with Crippen LogP contribution in [0.5, 0.6) is 0 Å². The molecule has 5 unspecified atom stereocenters. The third kappa shape index (κ3) is 76.4. The van der Waals surface area contributed by atoms with Crippen molar-refractivity contribution in [3.8, 4) is 0 Å². The molecule has 0 rings (SSSR count). The quantitative estimate of drug-likeness (QED) is 0.0146.